The molecular formula is C17H18FN3O2S. The number of carbonyl (C=O) groups is 1. The molecule has 0 spiro atoms. The van der Waals surface area contributed by atoms with E-state index in [1.165, 1.54) is 23.5 Å². The van der Waals surface area contributed by atoms with Crippen LogP contribution in [0.5, 0.6) is 0 Å². The smallest absolute Gasteiger partial charge is 0.261 e. The molecule has 2 N–H and O–H groups in total. The van der Waals surface area contributed by atoms with Crippen LogP contribution < -0.4 is 5.32 Å². The van der Waals surface area contributed by atoms with Gasteiger partial charge in [0.1, 0.15) is 10.6 Å². The van der Waals surface area contributed by atoms with Crippen LogP contribution in [0, 0.1) is 18.7 Å². The lowest BCUT2D eigenvalue weighted by atomic mass is 10.2. The molecule has 0 aliphatic heterocycles. The number of thiophene rings is 1. The lowest BCUT2D eigenvalue weighted by molar-refractivity contribution is 0.0946. The van der Waals surface area contributed by atoms with Gasteiger partial charge in [-0.1, -0.05) is 6.92 Å². The van der Waals surface area contributed by atoms with E-state index in [1.807, 2.05) is 19.9 Å². The van der Waals surface area contributed by atoms with Crippen LogP contribution in [0.4, 0.5) is 4.39 Å². The molecule has 1 unspecified atom stereocenters. The van der Waals surface area contributed by atoms with Gasteiger partial charge in [0, 0.05) is 18.5 Å². The Morgan fingerprint density at radius 3 is 2.79 bits per heavy atom. The van der Waals surface area contributed by atoms with E-state index in [0.717, 1.165) is 21.6 Å². The van der Waals surface area contributed by atoms with Crippen LogP contribution >= 0.6 is 11.3 Å². The molecule has 5 nitrogen and oxygen atoms in total. The zero-order valence-corrected chi connectivity index (χ0v) is 14.2. The van der Waals surface area contributed by atoms with Crippen molar-refractivity contribution < 1.29 is 14.3 Å². The van der Waals surface area contributed by atoms with Gasteiger partial charge >= 0.3 is 0 Å². The van der Waals surface area contributed by atoms with Gasteiger partial charge in [-0.25, -0.2) is 9.07 Å². The van der Waals surface area contributed by atoms with Gasteiger partial charge in [0.05, 0.1) is 16.3 Å². The Bertz CT molecular complexity index is 870. The van der Waals surface area contributed by atoms with Gasteiger partial charge in [-0.15, -0.1) is 11.3 Å². The summed E-state index contributed by atoms with van der Waals surface area (Å²) in [6, 6.07) is 7.90. The Kier molecular flexibility index (Phi) is 4.64. The number of amides is 1. The highest BCUT2D eigenvalue weighted by atomic mass is 32.1. The topological polar surface area (TPSA) is 67.2 Å². The van der Waals surface area contributed by atoms with Crippen molar-refractivity contribution in [3.05, 3.63) is 46.7 Å². The number of benzene rings is 1. The molecule has 0 radical (unpaired) electrons. The van der Waals surface area contributed by atoms with Gasteiger partial charge < -0.3 is 10.4 Å². The molecule has 2 heterocycles. The van der Waals surface area contributed by atoms with Gasteiger partial charge in [-0.2, -0.15) is 5.10 Å². The van der Waals surface area contributed by atoms with E-state index in [9.17, 15) is 9.18 Å². The summed E-state index contributed by atoms with van der Waals surface area (Å²) in [6.45, 7) is 4.20. The fraction of sp³-hybridized carbons (Fsp3) is 0.294. The van der Waals surface area contributed by atoms with Crippen LogP contribution in [-0.2, 0) is 0 Å². The standard InChI is InChI=1S/C17H18FN3O2S/c1-10(9-22)8-19-16(23)15-7-14-11(2)20-21(17(14)24-15)13-5-3-12(18)4-6-13/h3-7,10,22H,8-9H2,1-2H3,(H,19,23). The minimum absolute atomic E-state index is 0.0137. The molecule has 0 aliphatic rings. The summed E-state index contributed by atoms with van der Waals surface area (Å²) in [5.41, 5.74) is 1.56. The highest BCUT2D eigenvalue weighted by Crippen LogP contribution is 2.30. The fourth-order valence-corrected chi connectivity index (χ4v) is 3.43. The summed E-state index contributed by atoms with van der Waals surface area (Å²) in [4.78, 5) is 13.7. The molecule has 7 heteroatoms. The summed E-state index contributed by atoms with van der Waals surface area (Å²) in [6.07, 6.45) is 0. The van der Waals surface area contributed by atoms with Gasteiger partial charge in [0.2, 0.25) is 0 Å². The number of aryl methyl sites for hydroxylation is 1. The second-order valence-corrected chi connectivity index (χ2v) is 6.83. The number of aromatic nitrogens is 2. The number of carbonyl (C=O) groups excluding carboxylic acids is 1. The summed E-state index contributed by atoms with van der Waals surface area (Å²) in [7, 11) is 0. The molecule has 0 bridgehead atoms. The van der Waals surface area contributed by atoms with E-state index in [4.69, 9.17) is 5.11 Å². The van der Waals surface area contributed by atoms with Crippen molar-refractivity contribution in [2.75, 3.05) is 13.2 Å². The van der Waals surface area contributed by atoms with Crippen molar-refractivity contribution in [2.45, 2.75) is 13.8 Å². The minimum atomic E-state index is -0.303. The zero-order valence-electron chi connectivity index (χ0n) is 13.4. The van der Waals surface area contributed by atoms with Crippen LogP contribution in [0.2, 0.25) is 0 Å². The molecule has 126 valence electrons. The Morgan fingerprint density at radius 2 is 2.12 bits per heavy atom. The van der Waals surface area contributed by atoms with Crippen LogP contribution in [0.15, 0.2) is 30.3 Å². The van der Waals surface area contributed by atoms with Crippen LogP contribution in [0.25, 0.3) is 15.9 Å². The molecule has 1 aromatic carbocycles. The van der Waals surface area contributed by atoms with Crippen molar-refractivity contribution in [1.82, 2.24) is 15.1 Å². The highest BCUT2D eigenvalue weighted by molar-refractivity contribution is 7.20. The molecule has 3 rings (SSSR count). The number of halogens is 1. The van der Waals surface area contributed by atoms with Crippen LogP contribution in [0.1, 0.15) is 22.3 Å². The number of rotatable bonds is 5. The first-order valence-corrected chi connectivity index (χ1v) is 8.45. The Labute approximate surface area is 142 Å². The van der Waals surface area contributed by atoms with Gasteiger partial charge in [0.25, 0.3) is 5.91 Å². The lowest BCUT2D eigenvalue weighted by Gasteiger charge is -2.08. The second-order valence-electron chi connectivity index (χ2n) is 5.80. The van der Waals surface area contributed by atoms with Gasteiger partial charge in [-0.3, -0.25) is 4.79 Å². The number of nitrogens with zero attached hydrogens (tertiary/aromatic N) is 2. The maximum absolute atomic E-state index is 13.1. The Morgan fingerprint density at radius 1 is 1.42 bits per heavy atom. The first kappa shape index (κ1) is 16.6. The monoisotopic (exact) mass is 347 g/mol. The lowest BCUT2D eigenvalue weighted by Crippen LogP contribution is -2.28. The Hall–Kier alpha value is -2.25. The number of hydrogen-bond acceptors (Lipinski definition) is 4. The molecule has 24 heavy (non-hydrogen) atoms. The maximum atomic E-state index is 13.1. The maximum Gasteiger partial charge on any atom is 0.261 e. The minimum Gasteiger partial charge on any atom is -0.396 e. The molecular weight excluding hydrogens is 329 g/mol. The van der Waals surface area contributed by atoms with Gasteiger partial charge in [-0.05, 0) is 43.2 Å². The zero-order chi connectivity index (χ0) is 17.3. The average molecular weight is 347 g/mol. The van der Waals surface area contributed by atoms with E-state index >= 15 is 0 Å². The van der Waals surface area contributed by atoms with Crippen molar-refractivity contribution >= 4 is 27.5 Å². The van der Waals surface area contributed by atoms with Gasteiger partial charge in [0.15, 0.2) is 0 Å². The molecule has 0 saturated carbocycles. The molecule has 2 aromatic heterocycles. The number of nitrogens with one attached hydrogen (secondary N) is 1. The quantitative estimate of drug-likeness (QED) is 0.746. The number of hydrogen-bond donors (Lipinski definition) is 2. The molecule has 1 atom stereocenters. The third kappa shape index (κ3) is 3.18. The number of aliphatic hydroxyl groups is 1. The third-order valence-corrected chi connectivity index (χ3v) is 4.87. The van der Waals surface area contributed by atoms with Crippen LogP contribution in [-0.4, -0.2) is 33.9 Å². The molecule has 0 fully saturated rings. The van der Waals surface area contributed by atoms with Crippen molar-refractivity contribution in [3.63, 3.8) is 0 Å². The first-order valence-electron chi connectivity index (χ1n) is 7.63. The molecule has 1 amide bonds. The molecule has 0 saturated heterocycles. The summed E-state index contributed by atoms with van der Waals surface area (Å²) in [5, 5.41) is 17.2. The van der Waals surface area contributed by atoms with Crippen molar-refractivity contribution in [2.24, 2.45) is 5.92 Å². The highest BCUT2D eigenvalue weighted by Gasteiger charge is 2.17. The first-order chi connectivity index (χ1) is 11.5. The van der Waals surface area contributed by atoms with E-state index in [1.54, 1.807) is 16.8 Å². The summed E-state index contributed by atoms with van der Waals surface area (Å²) < 4.78 is 14.8. The van der Waals surface area contributed by atoms with E-state index in [2.05, 4.69) is 10.4 Å². The number of aliphatic hydroxyl groups excluding tert-OH is 1. The van der Waals surface area contributed by atoms with E-state index in [0.29, 0.717) is 11.4 Å². The normalized spacial score (nSPS) is 12.5. The predicted octanol–water partition coefficient (Wildman–Crippen LogP) is 2.89. The second kappa shape index (κ2) is 6.70. The predicted molar refractivity (Wildman–Crippen MR) is 92.2 cm³/mol. The number of fused-ring (bicyclic) bond motifs is 1. The van der Waals surface area contributed by atoms with Crippen molar-refractivity contribution in [3.8, 4) is 5.69 Å². The van der Waals surface area contributed by atoms with Crippen molar-refractivity contribution in [1.29, 1.82) is 0 Å². The SMILES string of the molecule is Cc1nn(-c2ccc(F)cc2)c2sc(C(=O)NCC(C)CO)cc12. The fourth-order valence-electron chi connectivity index (χ4n) is 2.34. The third-order valence-electron chi connectivity index (χ3n) is 3.76. The summed E-state index contributed by atoms with van der Waals surface area (Å²) >= 11 is 1.34. The molecule has 0 aliphatic carbocycles. The Balaban J connectivity index is 1.92. The van der Waals surface area contributed by atoms with E-state index < -0.39 is 0 Å². The van der Waals surface area contributed by atoms with Crippen LogP contribution in [0.3, 0.4) is 0 Å². The average Bonchev–Trinajstić information content (AvgIpc) is 3.14. The largest absolute Gasteiger partial charge is 0.396 e. The summed E-state index contributed by atoms with van der Waals surface area (Å²) in [5.74, 6) is -0.454. The molecule has 3 aromatic rings. The van der Waals surface area contributed by atoms with E-state index in [-0.39, 0.29) is 24.2 Å².